The molecule has 1 saturated carbocycles. The van der Waals surface area contributed by atoms with Crippen LogP contribution >= 0.6 is 0 Å². The smallest absolute Gasteiger partial charge is 0.0138 e. The van der Waals surface area contributed by atoms with Gasteiger partial charge in [0, 0.05) is 6.04 Å². The molecule has 112 valence electrons. The van der Waals surface area contributed by atoms with Crippen molar-refractivity contribution in [3.05, 3.63) is 35.9 Å². The first-order valence-electron chi connectivity index (χ1n) is 8.63. The standard InChI is InChI=1S/C19H31N/c1-3-14-20-19(15-16-10-8-9-11-16)18(4-2)17-12-6-5-7-13-17/h5-7,12-13,16,18-20H,3-4,8-11,14-15H2,1-2H3. The summed E-state index contributed by atoms with van der Waals surface area (Å²) in [6.07, 6.45) is 9.64. The van der Waals surface area contributed by atoms with E-state index in [1.54, 1.807) is 0 Å². The second-order valence-corrected chi connectivity index (χ2v) is 6.37. The lowest BCUT2D eigenvalue weighted by Crippen LogP contribution is -2.36. The van der Waals surface area contributed by atoms with Crippen molar-refractivity contribution in [2.24, 2.45) is 5.92 Å². The summed E-state index contributed by atoms with van der Waals surface area (Å²) in [6, 6.07) is 11.8. The van der Waals surface area contributed by atoms with Gasteiger partial charge in [-0.3, -0.25) is 0 Å². The SMILES string of the molecule is CCCNC(CC1CCCC1)C(CC)c1ccccc1. The van der Waals surface area contributed by atoms with Crippen LogP contribution in [0.25, 0.3) is 0 Å². The molecule has 1 aromatic carbocycles. The molecule has 2 atom stereocenters. The van der Waals surface area contributed by atoms with Gasteiger partial charge in [0.2, 0.25) is 0 Å². The first-order chi connectivity index (χ1) is 9.85. The van der Waals surface area contributed by atoms with Gasteiger partial charge in [-0.2, -0.15) is 0 Å². The molecule has 1 fully saturated rings. The van der Waals surface area contributed by atoms with E-state index in [2.05, 4.69) is 49.5 Å². The van der Waals surface area contributed by atoms with E-state index in [9.17, 15) is 0 Å². The average Bonchev–Trinajstić information content (AvgIpc) is 2.99. The molecular weight excluding hydrogens is 242 g/mol. The fraction of sp³-hybridized carbons (Fsp3) is 0.684. The maximum Gasteiger partial charge on any atom is 0.0138 e. The van der Waals surface area contributed by atoms with Crippen LogP contribution in [0.15, 0.2) is 30.3 Å². The van der Waals surface area contributed by atoms with Crippen molar-refractivity contribution in [2.75, 3.05) is 6.54 Å². The molecule has 0 spiro atoms. The van der Waals surface area contributed by atoms with Gasteiger partial charge in [-0.1, -0.05) is 69.9 Å². The van der Waals surface area contributed by atoms with Crippen molar-refractivity contribution >= 4 is 0 Å². The molecule has 20 heavy (non-hydrogen) atoms. The summed E-state index contributed by atoms with van der Waals surface area (Å²) in [4.78, 5) is 0. The molecule has 1 nitrogen and oxygen atoms in total. The van der Waals surface area contributed by atoms with Crippen LogP contribution in [0.1, 0.15) is 70.3 Å². The molecule has 0 radical (unpaired) electrons. The van der Waals surface area contributed by atoms with Crippen LogP contribution in [0.2, 0.25) is 0 Å². The summed E-state index contributed by atoms with van der Waals surface area (Å²) < 4.78 is 0. The Morgan fingerprint density at radius 1 is 1.10 bits per heavy atom. The molecule has 1 N–H and O–H groups in total. The predicted octanol–water partition coefficient (Wildman–Crippen LogP) is 5.13. The summed E-state index contributed by atoms with van der Waals surface area (Å²) in [5.41, 5.74) is 1.52. The first kappa shape index (κ1) is 15.6. The average molecular weight is 273 g/mol. The van der Waals surface area contributed by atoms with E-state index in [1.807, 2.05) is 0 Å². The summed E-state index contributed by atoms with van der Waals surface area (Å²) in [7, 11) is 0. The van der Waals surface area contributed by atoms with Crippen LogP contribution in [0.3, 0.4) is 0 Å². The summed E-state index contributed by atoms with van der Waals surface area (Å²) in [5.74, 6) is 1.63. The van der Waals surface area contributed by atoms with E-state index in [1.165, 1.54) is 50.5 Å². The van der Waals surface area contributed by atoms with E-state index >= 15 is 0 Å². The van der Waals surface area contributed by atoms with E-state index in [4.69, 9.17) is 0 Å². The van der Waals surface area contributed by atoms with Gasteiger partial charge in [0.1, 0.15) is 0 Å². The Balaban J connectivity index is 2.05. The minimum absolute atomic E-state index is 0.658. The largest absolute Gasteiger partial charge is 0.313 e. The third-order valence-corrected chi connectivity index (χ3v) is 4.87. The molecule has 1 aliphatic carbocycles. The Morgan fingerprint density at radius 2 is 1.80 bits per heavy atom. The van der Waals surface area contributed by atoms with Gasteiger partial charge < -0.3 is 5.32 Å². The maximum atomic E-state index is 3.85. The van der Waals surface area contributed by atoms with E-state index in [-0.39, 0.29) is 0 Å². The van der Waals surface area contributed by atoms with E-state index < -0.39 is 0 Å². The van der Waals surface area contributed by atoms with Crippen molar-refractivity contribution in [3.63, 3.8) is 0 Å². The monoisotopic (exact) mass is 273 g/mol. The lowest BCUT2D eigenvalue weighted by Gasteiger charge is -2.30. The van der Waals surface area contributed by atoms with Crippen molar-refractivity contribution in [2.45, 2.75) is 70.8 Å². The number of rotatable bonds is 8. The highest BCUT2D eigenvalue weighted by Gasteiger charge is 2.26. The normalized spacial score (nSPS) is 19.1. The number of hydrogen-bond acceptors (Lipinski definition) is 1. The maximum absolute atomic E-state index is 3.85. The van der Waals surface area contributed by atoms with Gasteiger partial charge in [-0.25, -0.2) is 0 Å². The summed E-state index contributed by atoms with van der Waals surface area (Å²) >= 11 is 0. The van der Waals surface area contributed by atoms with Crippen LogP contribution in [0.5, 0.6) is 0 Å². The Kier molecular flexibility index (Phi) is 6.59. The van der Waals surface area contributed by atoms with Gasteiger partial charge in [0.25, 0.3) is 0 Å². The van der Waals surface area contributed by atoms with Gasteiger partial charge in [0.05, 0.1) is 0 Å². The summed E-state index contributed by atoms with van der Waals surface area (Å²) in [6.45, 7) is 5.76. The molecule has 0 aromatic heterocycles. The zero-order valence-electron chi connectivity index (χ0n) is 13.3. The number of benzene rings is 1. The number of hydrogen-bond donors (Lipinski definition) is 1. The second-order valence-electron chi connectivity index (χ2n) is 6.37. The fourth-order valence-electron chi connectivity index (χ4n) is 3.78. The Labute approximate surface area is 125 Å². The molecule has 0 heterocycles. The van der Waals surface area contributed by atoms with Crippen molar-refractivity contribution in [3.8, 4) is 0 Å². The third-order valence-electron chi connectivity index (χ3n) is 4.87. The zero-order chi connectivity index (χ0) is 14.2. The van der Waals surface area contributed by atoms with Gasteiger partial charge >= 0.3 is 0 Å². The van der Waals surface area contributed by atoms with Crippen molar-refractivity contribution < 1.29 is 0 Å². The minimum atomic E-state index is 0.658. The van der Waals surface area contributed by atoms with E-state index in [0.717, 1.165) is 12.5 Å². The summed E-state index contributed by atoms with van der Waals surface area (Å²) in [5, 5.41) is 3.85. The van der Waals surface area contributed by atoms with Crippen LogP contribution in [0, 0.1) is 5.92 Å². The Bertz CT molecular complexity index is 353. The van der Waals surface area contributed by atoms with Crippen LogP contribution in [-0.2, 0) is 0 Å². The van der Waals surface area contributed by atoms with Crippen LogP contribution in [-0.4, -0.2) is 12.6 Å². The molecule has 0 saturated heterocycles. The zero-order valence-corrected chi connectivity index (χ0v) is 13.3. The lowest BCUT2D eigenvalue weighted by atomic mass is 9.83. The molecule has 1 heteroatoms. The minimum Gasteiger partial charge on any atom is -0.313 e. The second kappa shape index (κ2) is 8.46. The molecule has 2 rings (SSSR count). The molecular formula is C19H31N. The molecule has 1 aliphatic rings. The quantitative estimate of drug-likeness (QED) is 0.692. The molecule has 0 aliphatic heterocycles. The van der Waals surface area contributed by atoms with Gasteiger partial charge in [-0.05, 0) is 43.2 Å². The van der Waals surface area contributed by atoms with Crippen molar-refractivity contribution in [1.82, 2.24) is 5.32 Å². The molecule has 0 bridgehead atoms. The van der Waals surface area contributed by atoms with E-state index in [0.29, 0.717) is 12.0 Å². The Hall–Kier alpha value is -0.820. The fourth-order valence-corrected chi connectivity index (χ4v) is 3.78. The highest BCUT2D eigenvalue weighted by molar-refractivity contribution is 5.21. The first-order valence-corrected chi connectivity index (χ1v) is 8.63. The molecule has 0 amide bonds. The molecule has 1 aromatic rings. The van der Waals surface area contributed by atoms with Crippen molar-refractivity contribution in [1.29, 1.82) is 0 Å². The topological polar surface area (TPSA) is 12.0 Å². The van der Waals surface area contributed by atoms with Gasteiger partial charge in [0.15, 0.2) is 0 Å². The highest BCUT2D eigenvalue weighted by atomic mass is 14.9. The molecule has 2 unspecified atom stereocenters. The Morgan fingerprint density at radius 3 is 2.40 bits per heavy atom. The van der Waals surface area contributed by atoms with Crippen LogP contribution in [0.4, 0.5) is 0 Å². The van der Waals surface area contributed by atoms with Crippen LogP contribution < -0.4 is 5.32 Å². The lowest BCUT2D eigenvalue weighted by molar-refractivity contribution is 0.337. The highest BCUT2D eigenvalue weighted by Crippen LogP contribution is 2.33. The predicted molar refractivity (Wildman–Crippen MR) is 88.1 cm³/mol. The number of nitrogens with one attached hydrogen (secondary N) is 1. The van der Waals surface area contributed by atoms with Gasteiger partial charge in [-0.15, -0.1) is 0 Å². The third kappa shape index (κ3) is 4.34.